The van der Waals surface area contributed by atoms with Gasteiger partial charge in [-0.2, -0.15) is 0 Å². The second-order valence-electron chi connectivity index (χ2n) is 6.57. The van der Waals surface area contributed by atoms with E-state index in [0.717, 1.165) is 21.7 Å². The zero-order valence-corrected chi connectivity index (χ0v) is 15.6. The number of nitrogens with one attached hydrogen (secondary N) is 2. The van der Waals surface area contributed by atoms with Crippen molar-refractivity contribution < 1.29 is 18.3 Å². The molecule has 0 saturated heterocycles. The third kappa shape index (κ3) is 3.49. The zero-order valence-electron chi connectivity index (χ0n) is 14.8. The Morgan fingerprint density at radius 3 is 2.50 bits per heavy atom. The fraction of sp³-hybridized carbons (Fsp3) is 0.0952. The summed E-state index contributed by atoms with van der Waals surface area (Å²) in [5, 5.41) is 14.1. The minimum atomic E-state index is -4.03. The highest BCUT2D eigenvalue weighted by Crippen LogP contribution is 2.21. The van der Waals surface area contributed by atoms with E-state index in [4.69, 9.17) is 0 Å². The molecule has 6 nitrogen and oxygen atoms in total. The molecule has 1 aromatic heterocycles. The van der Waals surface area contributed by atoms with E-state index in [1.807, 2.05) is 42.5 Å². The van der Waals surface area contributed by atoms with Gasteiger partial charge in [0.2, 0.25) is 10.0 Å². The molecule has 1 atom stereocenters. The van der Waals surface area contributed by atoms with Gasteiger partial charge >= 0.3 is 0 Å². The molecule has 28 heavy (non-hydrogen) atoms. The van der Waals surface area contributed by atoms with Crippen molar-refractivity contribution in [3.05, 3.63) is 78.5 Å². The lowest BCUT2D eigenvalue weighted by Gasteiger charge is -2.19. The van der Waals surface area contributed by atoms with Gasteiger partial charge in [0.05, 0.1) is 16.9 Å². The second kappa shape index (κ2) is 7.10. The highest BCUT2D eigenvalue weighted by Gasteiger charge is 2.22. The normalized spacial score (nSPS) is 13.0. The number of aliphatic carboxylic acids is 1. The standard InChI is InChI=1S/C21H18N2O4S/c24-21(25)20(12-16-13-22-19-8-4-3-7-18(16)19)23-28(26,27)17-10-9-14-5-1-2-6-15(14)11-17/h1-11,13,20,22-23H,12H2,(H,24,25)/p-1/t20-/m1/s1. The number of rotatable bonds is 6. The summed E-state index contributed by atoms with van der Waals surface area (Å²) in [6.07, 6.45) is 1.66. The molecule has 0 radical (unpaired) electrons. The van der Waals surface area contributed by atoms with Crippen LogP contribution >= 0.6 is 0 Å². The Bertz CT molecular complexity index is 1280. The number of hydrogen-bond donors (Lipinski definition) is 2. The summed E-state index contributed by atoms with van der Waals surface area (Å²) >= 11 is 0. The van der Waals surface area contributed by atoms with E-state index in [9.17, 15) is 18.3 Å². The molecule has 0 aliphatic rings. The molecule has 0 saturated carbocycles. The molecule has 0 aliphatic heterocycles. The van der Waals surface area contributed by atoms with E-state index in [0.29, 0.717) is 5.56 Å². The van der Waals surface area contributed by atoms with E-state index in [1.54, 1.807) is 18.3 Å². The van der Waals surface area contributed by atoms with Crippen molar-refractivity contribution in [3.8, 4) is 0 Å². The number of sulfonamides is 1. The molecular formula is C21H17N2O4S-. The molecule has 7 heteroatoms. The smallest absolute Gasteiger partial charge is 0.241 e. The van der Waals surface area contributed by atoms with Crippen LogP contribution in [0.1, 0.15) is 5.56 Å². The highest BCUT2D eigenvalue weighted by molar-refractivity contribution is 7.89. The van der Waals surface area contributed by atoms with Gasteiger partial charge in [0.1, 0.15) is 0 Å². The zero-order chi connectivity index (χ0) is 19.7. The van der Waals surface area contributed by atoms with Crippen molar-refractivity contribution in [2.24, 2.45) is 0 Å². The fourth-order valence-electron chi connectivity index (χ4n) is 3.28. The Kier molecular flexibility index (Phi) is 4.62. The maximum absolute atomic E-state index is 12.8. The van der Waals surface area contributed by atoms with Gasteiger partial charge in [0, 0.05) is 17.1 Å². The number of carbonyl (C=O) groups excluding carboxylic acids is 1. The Labute approximate surface area is 161 Å². The third-order valence-corrected chi connectivity index (χ3v) is 6.18. The van der Waals surface area contributed by atoms with E-state index >= 15 is 0 Å². The van der Waals surface area contributed by atoms with Crippen LogP contribution < -0.4 is 9.83 Å². The first kappa shape index (κ1) is 18.2. The number of hydrogen-bond acceptors (Lipinski definition) is 4. The molecule has 0 amide bonds. The van der Waals surface area contributed by atoms with Gasteiger partial charge in [0.15, 0.2) is 0 Å². The summed E-state index contributed by atoms with van der Waals surface area (Å²) in [4.78, 5) is 14.7. The number of para-hydroxylation sites is 1. The molecule has 4 rings (SSSR count). The average molecular weight is 393 g/mol. The predicted molar refractivity (Wildman–Crippen MR) is 105 cm³/mol. The molecule has 0 bridgehead atoms. The topological polar surface area (TPSA) is 102 Å². The van der Waals surface area contributed by atoms with Crippen molar-refractivity contribution in [2.45, 2.75) is 17.4 Å². The summed E-state index contributed by atoms with van der Waals surface area (Å²) in [6, 6.07) is 18.1. The molecule has 142 valence electrons. The number of carbonyl (C=O) groups is 1. The van der Waals surface area contributed by atoms with Crippen molar-refractivity contribution in [3.63, 3.8) is 0 Å². The van der Waals surface area contributed by atoms with Crippen LogP contribution in [0.5, 0.6) is 0 Å². The number of aromatic nitrogens is 1. The Hall–Kier alpha value is -3.16. The fourth-order valence-corrected chi connectivity index (χ4v) is 4.50. The highest BCUT2D eigenvalue weighted by atomic mass is 32.2. The Morgan fingerprint density at radius 1 is 1.00 bits per heavy atom. The lowest BCUT2D eigenvalue weighted by atomic mass is 10.1. The number of aromatic amines is 1. The summed E-state index contributed by atoms with van der Waals surface area (Å²) in [7, 11) is -4.03. The summed E-state index contributed by atoms with van der Waals surface area (Å²) in [6.45, 7) is 0. The van der Waals surface area contributed by atoms with Crippen LogP contribution in [0.25, 0.3) is 21.7 Å². The van der Waals surface area contributed by atoms with Crippen molar-refractivity contribution in [1.82, 2.24) is 9.71 Å². The number of benzene rings is 3. The van der Waals surface area contributed by atoms with Gasteiger partial charge in [-0.3, -0.25) is 0 Å². The van der Waals surface area contributed by atoms with Crippen LogP contribution in [-0.2, 0) is 21.2 Å². The van der Waals surface area contributed by atoms with Gasteiger partial charge in [-0.25, -0.2) is 13.1 Å². The van der Waals surface area contributed by atoms with Crippen LogP contribution in [0.3, 0.4) is 0 Å². The molecule has 0 unspecified atom stereocenters. The molecule has 0 aliphatic carbocycles. The van der Waals surface area contributed by atoms with Crippen LogP contribution in [0.15, 0.2) is 77.8 Å². The summed E-state index contributed by atoms with van der Waals surface area (Å²) < 4.78 is 27.8. The van der Waals surface area contributed by atoms with Crippen LogP contribution in [0.4, 0.5) is 0 Å². The first-order chi connectivity index (χ1) is 13.4. The largest absolute Gasteiger partial charge is 0.548 e. The SMILES string of the molecule is O=C([O-])[C@@H](Cc1c[nH]c2ccccc12)NS(=O)(=O)c1ccc2ccccc2c1. The first-order valence-electron chi connectivity index (χ1n) is 8.71. The van der Waals surface area contributed by atoms with Crippen molar-refractivity contribution in [2.75, 3.05) is 0 Å². The molecule has 0 spiro atoms. The van der Waals surface area contributed by atoms with Crippen molar-refractivity contribution in [1.29, 1.82) is 0 Å². The molecule has 1 heterocycles. The molecule has 3 aromatic carbocycles. The maximum atomic E-state index is 12.8. The molecule has 0 fully saturated rings. The lowest BCUT2D eigenvalue weighted by Crippen LogP contribution is -2.49. The van der Waals surface area contributed by atoms with E-state index in [2.05, 4.69) is 9.71 Å². The maximum Gasteiger partial charge on any atom is 0.241 e. The number of H-pyrrole nitrogens is 1. The first-order valence-corrected chi connectivity index (χ1v) is 10.2. The molecule has 4 aromatic rings. The van der Waals surface area contributed by atoms with Gasteiger partial charge in [-0.1, -0.05) is 48.5 Å². The van der Waals surface area contributed by atoms with Crippen LogP contribution in [0.2, 0.25) is 0 Å². The van der Waals surface area contributed by atoms with Gasteiger partial charge in [-0.05, 0) is 41.0 Å². The second-order valence-corrected chi connectivity index (χ2v) is 8.28. The van der Waals surface area contributed by atoms with Gasteiger partial charge < -0.3 is 14.9 Å². The minimum absolute atomic E-state index is 0.0105. The van der Waals surface area contributed by atoms with Gasteiger partial charge in [-0.15, -0.1) is 0 Å². The number of carboxylic acid groups (broad SMARTS) is 1. The van der Waals surface area contributed by atoms with Crippen LogP contribution in [0, 0.1) is 0 Å². The monoisotopic (exact) mass is 393 g/mol. The number of carboxylic acids is 1. The quantitative estimate of drug-likeness (QED) is 0.523. The lowest BCUT2D eigenvalue weighted by molar-refractivity contribution is -0.307. The summed E-state index contributed by atoms with van der Waals surface area (Å²) in [5.41, 5.74) is 1.55. The molecule has 2 N–H and O–H groups in total. The van der Waals surface area contributed by atoms with Gasteiger partial charge in [0.25, 0.3) is 0 Å². The minimum Gasteiger partial charge on any atom is -0.548 e. The van der Waals surface area contributed by atoms with E-state index in [1.165, 1.54) is 12.1 Å². The van der Waals surface area contributed by atoms with Crippen LogP contribution in [-0.4, -0.2) is 25.4 Å². The average Bonchev–Trinajstić information content (AvgIpc) is 3.10. The predicted octanol–water partition coefficient (Wildman–Crippen LogP) is 1.96. The van der Waals surface area contributed by atoms with Crippen molar-refractivity contribution >= 4 is 37.7 Å². The summed E-state index contributed by atoms with van der Waals surface area (Å²) in [5.74, 6) is -1.48. The van der Waals surface area contributed by atoms with E-state index < -0.39 is 22.0 Å². The Morgan fingerprint density at radius 2 is 1.71 bits per heavy atom. The van der Waals surface area contributed by atoms with E-state index in [-0.39, 0.29) is 11.3 Å². The number of fused-ring (bicyclic) bond motifs is 2. The third-order valence-electron chi connectivity index (χ3n) is 4.71. The Balaban J connectivity index is 1.63. The molecular weight excluding hydrogens is 376 g/mol.